The van der Waals surface area contributed by atoms with Gasteiger partial charge in [0.1, 0.15) is 0 Å². The lowest BCUT2D eigenvalue weighted by Gasteiger charge is -2.39. The lowest BCUT2D eigenvalue weighted by molar-refractivity contribution is 0.139. The van der Waals surface area contributed by atoms with Crippen molar-refractivity contribution in [2.45, 2.75) is 64.7 Å². The molecule has 0 spiro atoms. The van der Waals surface area contributed by atoms with Crippen molar-refractivity contribution in [1.82, 2.24) is 0 Å². The van der Waals surface area contributed by atoms with Crippen molar-refractivity contribution in [2.24, 2.45) is 17.1 Å². The minimum absolute atomic E-state index is 0.449. The zero-order valence-corrected chi connectivity index (χ0v) is 13.2. The smallest absolute Gasteiger partial charge is 0.00204 e. The third-order valence-corrected chi connectivity index (χ3v) is 5.82. The van der Waals surface area contributed by atoms with Crippen molar-refractivity contribution in [3.05, 3.63) is 22.4 Å². The largest absolute Gasteiger partial charge is 0.330 e. The molecule has 19 heavy (non-hydrogen) atoms. The van der Waals surface area contributed by atoms with E-state index in [1.54, 1.807) is 0 Å². The zero-order chi connectivity index (χ0) is 13.6. The van der Waals surface area contributed by atoms with E-state index in [1.165, 1.54) is 63.4 Å². The highest BCUT2D eigenvalue weighted by molar-refractivity contribution is 7.07. The van der Waals surface area contributed by atoms with Crippen LogP contribution in [-0.2, 0) is 6.42 Å². The molecule has 0 bridgehead atoms. The van der Waals surface area contributed by atoms with Crippen LogP contribution in [0.4, 0.5) is 0 Å². The fourth-order valence-corrected chi connectivity index (χ4v) is 4.18. The van der Waals surface area contributed by atoms with Crippen molar-refractivity contribution in [3.8, 4) is 0 Å². The third kappa shape index (κ3) is 4.32. The summed E-state index contributed by atoms with van der Waals surface area (Å²) in [5, 5.41) is 4.48. The molecule has 1 aromatic rings. The van der Waals surface area contributed by atoms with Crippen molar-refractivity contribution in [3.63, 3.8) is 0 Å². The van der Waals surface area contributed by atoms with Crippen LogP contribution < -0.4 is 5.73 Å². The van der Waals surface area contributed by atoms with E-state index in [-0.39, 0.29) is 0 Å². The van der Waals surface area contributed by atoms with E-state index in [2.05, 4.69) is 23.8 Å². The molecule has 1 fully saturated rings. The van der Waals surface area contributed by atoms with E-state index in [9.17, 15) is 0 Å². The lowest BCUT2D eigenvalue weighted by atomic mass is 9.67. The summed E-state index contributed by atoms with van der Waals surface area (Å²) >= 11 is 1.81. The molecule has 108 valence electrons. The quantitative estimate of drug-likeness (QED) is 0.746. The number of hydrogen-bond acceptors (Lipinski definition) is 2. The average molecular weight is 279 g/mol. The van der Waals surface area contributed by atoms with Gasteiger partial charge in [-0.15, -0.1) is 0 Å². The highest BCUT2D eigenvalue weighted by Crippen LogP contribution is 2.43. The van der Waals surface area contributed by atoms with Gasteiger partial charge in [0.05, 0.1) is 0 Å². The van der Waals surface area contributed by atoms with E-state index in [1.807, 2.05) is 11.3 Å². The van der Waals surface area contributed by atoms with Crippen LogP contribution in [0.25, 0.3) is 0 Å². The number of nitrogens with two attached hydrogens (primary N) is 1. The molecule has 0 atom stereocenters. The van der Waals surface area contributed by atoms with E-state index >= 15 is 0 Å². The fraction of sp³-hybridized carbons (Fsp3) is 0.765. The maximum Gasteiger partial charge on any atom is -0.00204 e. The van der Waals surface area contributed by atoms with Crippen LogP contribution in [0.2, 0.25) is 0 Å². The number of thiophene rings is 1. The minimum Gasteiger partial charge on any atom is -0.330 e. The molecule has 1 heterocycles. The maximum absolute atomic E-state index is 6.13. The van der Waals surface area contributed by atoms with Gasteiger partial charge in [-0.25, -0.2) is 0 Å². The zero-order valence-electron chi connectivity index (χ0n) is 12.4. The molecular formula is C17H29NS. The number of aryl methyl sites for hydroxylation is 1. The average Bonchev–Trinajstić information content (AvgIpc) is 2.97. The summed E-state index contributed by atoms with van der Waals surface area (Å²) in [6, 6.07) is 2.27. The summed E-state index contributed by atoms with van der Waals surface area (Å²) in [5.74, 6) is 0.987. The monoisotopic (exact) mass is 279 g/mol. The predicted octanol–water partition coefficient (Wildman–Crippen LogP) is 5.01. The van der Waals surface area contributed by atoms with Crippen molar-refractivity contribution in [1.29, 1.82) is 0 Å². The van der Waals surface area contributed by atoms with Gasteiger partial charge in [-0.2, -0.15) is 11.3 Å². The Morgan fingerprint density at radius 3 is 2.74 bits per heavy atom. The first kappa shape index (κ1) is 15.1. The van der Waals surface area contributed by atoms with E-state index in [4.69, 9.17) is 5.73 Å². The van der Waals surface area contributed by atoms with Gasteiger partial charge in [-0.05, 0) is 78.8 Å². The van der Waals surface area contributed by atoms with Gasteiger partial charge in [0.2, 0.25) is 0 Å². The molecule has 1 nitrogen and oxygen atoms in total. The van der Waals surface area contributed by atoms with Crippen LogP contribution in [0.3, 0.4) is 0 Å². The lowest BCUT2D eigenvalue weighted by Crippen LogP contribution is -2.35. The Morgan fingerprint density at radius 2 is 2.16 bits per heavy atom. The van der Waals surface area contributed by atoms with Crippen molar-refractivity contribution >= 4 is 11.3 Å². The molecule has 2 N–H and O–H groups in total. The highest BCUT2D eigenvalue weighted by atomic mass is 32.1. The summed E-state index contributed by atoms with van der Waals surface area (Å²) in [6.45, 7) is 3.19. The standard InChI is InChI=1S/C17H29NS/c1-2-3-4-15-5-9-17(14-18,10-6-15)11-7-16-8-12-19-13-16/h8,12-13,15H,2-7,9-11,14,18H2,1H3. The molecular weight excluding hydrogens is 250 g/mol. The first-order chi connectivity index (χ1) is 9.28. The Balaban J connectivity index is 1.80. The van der Waals surface area contributed by atoms with Crippen LogP contribution in [0.1, 0.15) is 63.9 Å². The fourth-order valence-electron chi connectivity index (χ4n) is 3.47. The molecule has 1 aliphatic rings. The molecule has 1 saturated carbocycles. The summed E-state index contributed by atoms with van der Waals surface area (Å²) in [5.41, 5.74) is 8.08. The molecule has 0 saturated heterocycles. The molecule has 0 amide bonds. The Morgan fingerprint density at radius 1 is 1.37 bits per heavy atom. The molecule has 2 heteroatoms. The van der Waals surface area contributed by atoms with Gasteiger partial charge in [0.25, 0.3) is 0 Å². The third-order valence-electron chi connectivity index (χ3n) is 5.09. The van der Waals surface area contributed by atoms with E-state index in [0.29, 0.717) is 5.41 Å². The second kappa shape index (κ2) is 7.44. The first-order valence-electron chi connectivity index (χ1n) is 7.99. The van der Waals surface area contributed by atoms with Crippen LogP contribution >= 0.6 is 11.3 Å². The molecule has 0 unspecified atom stereocenters. The second-order valence-corrected chi connectivity index (χ2v) is 7.20. The van der Waals surface area contributed by atoms with Gasteiger partial charge in [-0.1, -0.05) is 26.2 Å². The van der Waals surface area contributed by atoms with Gasteiger partial charge in [0.15, 0.2) is 0 Å². The summed E-state index contributed by atoms with van der Waals surface area (Å²) in [4.78, 5) is 0. The van der Waals surface area contributed by atoms with Gasteiger partial charge >= 0.3 is 0 Å². The Hall–Kier alpha value is -0.340. The first-order valence-corrected chi connectivity index (χ1v) is 8.93. The Bertz CT molecular complexity index is 336. The molecule has 1 aromatic heterocycles. The predicted molar refractivity (Wildman–Crippen MR) is 85.6 cm³/mol. The summed E-state index contributed by atoms with van der Waals surface area (Å²) in [7, 11) is 0. The Kier molecular flexibility index (Phi) is 5.90. The number of rotatable bonds is 7. The maximum atomic E-state index is 6.13. The summed E-state index contributed by atoms with van der Waals surface area (Å²) < 4.78 is 0. The molecule has 1 aliphatic carbocycles. The van der Waals surface area contributed by atoms with Gasteiger partial charge in [-0.3, -0.25) is 0 Å². The van der Waals surface area contributed by atoms with E-state index in [0.717, 1.165) is 12.5 Å². The van der Waals surface area contributed by atoms with Gasteiger partial charge < -0.3 is 5.73 Å². The van der Waals surface area contributed by atoms with Crippen LogP contribution in [0.15, 0.2) is 16.8 Å². The molecule has 0 aromatic carbocycles. The minimum atomic E-state index is 0.449. The second-order valence-electron chi connectivity index (χ2n) is 6.42. The molecule has 0 aliphatic heterocycles. The number of unbranched alkanes of at least 4 members (excludes halogenated alkanes) is 1. The van der Waals surface area contributed by atoms with Gasteiger partial charge in [0, 0.05) is 0 Å². The van der Waals surface area contributed by atoms with Crippen LogP contribution in [-0.4, -0.2) is 6.54 Å². The van der Waals surface area contributed by atoms with Crippen molar-refractivity contribution in [2.75, 3.05) is 6.54 Å². The summed E-state index contributed by atoms with van der Waals surface area (Å²) in [6.07, 6.45) is 12.3. The number of hydrogen-bond donors (Lipinski definition) is 1. The van der Waals surface area contributed by atoms with Crippen LogP contribution in [0.5, 0.6) is 0 Å². The molecule has 0 radical (unpaired) electrons. The highest BCUT2D eigenvalue weighted by Gasteiger charge is 2.33. The van der Waals surface area contributed by atoms with E-state index < -0.39 is 0 Å². The van der Waals surface area contributed by atoms with Crippen molar-refractivity contribution < 1.29 is 0 Å². The van der Waals surface area contributed by atoms with Crippen LogP contribution in [0, 0.1) is 11.3 Å². The normalized spacial score (nSPS) is 27.6. The Labute approximate surface area is 122 Å². The SMILES string of the molecule is CCCCC1CCC(CN)(CCc2ccsc2)CC1. The topological polar surface area (TPSA) is 26.0 Å². The molecule has 2 rings (SSSR count).